The molecule has 0 unspecified atom stereocenters. The molecule has 1 aromatic heterocycles. The highest BCUT2D eigenvalue weighted by molar-refractivity contribution is 5.97. The van der Waals surface area contributed by atoms with Crippen LogP contribution in [0, 0.1) is 6.92 Å². The maximum atomic E-state index is 12.0. The number of aromatic nitrogens is 2. The first-order valence-electron chi connectivity index (χ1n) is 5.22. The number of likely N-dealkylation sites (N-methyl/N-ethyl adjacent to an activating group) is 1. The summed E-state index contributed by atoms with van der Waals surface area (Å²) in [5, 5.41) is 13.0. The van der Waals surface area contributed by atoms with Crippen molar-refractivity contribution in [3.8, 4) is 0 Å². The Morgan fingerprint density at radius 3 is 2.75 bits per heavy atom. The fourth-order valence-electron chi connectivity index (χ4n) is 1.48. The Bertz CT molecular complexity index is 386. The van der Waals surface area contributed by atoms with Crippen molar-refractivity contribution in [2.45, 2.75) is 20.4 Å². The largest absolute Gasteiger partial charge is 0.395 e. The Morgan fingerprint density at radius 2 is 2.25 bits per heavy atom. The second-order valence-electron chi connectivity index (χ2n) is 3.61. The van der Waals surface area contributed by atoms with E-state index in [1.54, 1.807) is 18.7 Å². The van der Waals surface area contributed by atoms with Gasteiger partial charge in [-0.2, -0.15) is 5.10 Å². The zero-order valence-electron chi connectivity index (χ0n) is 9.90. The van der Waals surface area contributed by atoms with Crippen molar-refractivity contribution in [3.63, 3.8) is 0 Å². The Balaban J connectivity index is 3.07. The minimum Gasteiger partial charge on any atom is -0.395 e. The number of nitrogens with two attached hydrogens (primary N) is 1. The van der Waals surface area contributed by atoms with Gasteiger partial charge in [-0.1, -0.05) is 0 Å². The van der Waals surface area contributed by atoms with E-state index in [4.69, 9.17) is 10.8 Å². The van der Waals surface area contributed by atoms with Crippen molar-refractivity contribution < 1.29 is 9.90 Å². The molecule has 0 aliphatic heterocycles. The van der Waals surface area contributed by atoms with E-state index in [-0.39, 0.29) is 19.1 Å². The van der Waals surface area contributed by atoms with E-state index in [0.717, 1.165) is 0 Å². The molecule has 0 bridgehead atoms. The summed E-state index contributed by atoms with van der Waals surface area (Å²) in [6, 6.07) is 0. The summed E-state index contributed by atoms with van der Waals surface area (Å²) in [4.78, 5) is 13.5. The number of hydrogen-bond donors (Lipinski definition) is 2. The normalized spacial score (nSPS) is 10.5. The highest BCUT2D eigenvalue weighted by atomic mass is 16.3. The van der Waals surface area contributed by atoms with Crippen molar-refractivity contribution in [2.24, 2.45) is 0 Å². The number of nitrogen functional groups attached to an aromatic ring is 1. The molecule has 1 amide bonds. The van der Waals surface area contributed by atoms with Crippen LogP contribution in [-0.2, 0) is 6.54 Å². The number of hydrogen-bond acceptors (Lipinski definition) is 4. The summed E-state index contributed by atoms with van der Waals surface area (Å²) < 4.78 is 1.58. The Hall–Kier alpha value is -1.56. The summed E-state index contributed by atoms with van der Waals surface area (Å²) >= 11 is 0. The van der Waals surface area contributed by atoms with Crippen LogP contribution in [0.5, 0.6) is 0 Å². The van der Waals surface area contributed by atoms with Gasteiger partial charge in [0.15, 0.2) is 0 Å². The fraction of sp³-hybridized carbons (Fsp3) is 0.600. The molecule has 3 N–H and O–H groups in total. The monoisotopic (exact) mass is 226 g/mol. The first-order valence-corrected chi connectivity index (χ1v) is 5.22. The fourth-order valence-corrected chi connectivity index (χ4v) is 1.48. The van der Waals surface area contributed by atoms with Crippen LogP contribution >= 0.6 is 0 Å². The molecule has 90 valence electrons. The molecule has 1 aromatic rings. The van der Waals surface area contributed by atoms with Crippen LogP contribution in [-0.4, -0.2) is 45.9 Å². The maximum absolute atomic E-state index is 12.0. The summed E-state index contributed by atoms with van der Waals surface area (Å²) in [6.45, 7) is 4.47. The van der Waals surface area contributed by atoms with E-state index in [1.807, 2.05) is 6.92 Å². The lowest BCUT2D eigenvalue weighted by atomic mass is 10.2. The van der Waals surface area contributed by atoms with Gasteiger partial charge in [0.25, 0.3) is 5.91 Å². The van der Waals surface area contributed by atoms with E-state index in [9.17, 15) is 4.79 Å². The lowest BCUT2D eigenvalue weighted by Crippen LogP contribution is -2.31. The molecule has 16 heavy (non-hydrogen) atoms. The van der Waals surface area contributed by atoms with Gasteiger partial charge in [0.2, 0.25) is 0 Å². The number of nitrogens with zero attached hydrogens (tertiary/aromatic N) is 3. The van der Waals surface area contributed by atoms with Crippen molar-refractivity contribution in [2.75, 3.05) is 25.9 Å². The number of aliphatic hydroxyl groups is 1. The van der Waals surface area contributed by atoms with Gasteiger partial charge < -0.3 is 15.7 Å². The molecule has 0 atom stereocenters. The predicted molar refractivity (Wildman–Crippen MR) is 61.1 cm³/mol. The SMILES string of the molecule is CCn1nc(C)c(N)c1C(=O)N(C)CCO. The van der Waals surface area contributed by atoms with Crippen LogP contribution in [0.1, 0.15) is 23.1 Å². The van der Waals surface area contributed by atoms with Gasteiger partial charge in [-0.05, 0) is 13.8 Å². The van der Waals surface area contributed by atoms with Crippen LogP contribution in [0.15, 0.2) is 0 Å². The van der Waals surface area contributed by atoms with Crippen LogP contribution < -0.4 is 5.73 Å². The second-order valence-corrected chi connectivity index (χ2v) is 3.61. The Morgan fingerprint density at radius 1 is 1.62 bits per heavy atom. The molecule has 0 aliphatic carbocycles. The Labute approximate surface area is 94.6 Å². The molecule has 0 spiro atoms. The minimum atomic E-state index is -0.214. The average molecular weight is 226 g/mol. The van der Waals surface area contributed by atoms with E-state index in [0.29, 0.717) is 23.6 Å². The smallest absolute Gasteiger partial charge is 0.274 e. The summed E-state index contributed by atoms with van der Waals surface area (Å²) in [6.07, 6.45) is 0. The molecule has 6 nitrogen and oxygen atoms in total. The quantitative estimate of drug-likeness (QED) is 0.748. The number of carbonyl (C=O) groups is 1. The van der Waals surface area contributed by atoms with Crippen molar-refractivity contribution in [3.05, 3.63) is 11.4 Å². The first kappa shape index (κ1) is 12.5. The van der Waals surface area contributed by atoms with Crippen LogP contribution in [0.4, 0.5) is 5.69 Å². The molecule has 0 saturated carbocycles. The van der Waals surface area contributed by atoms with Gasteiger partial charge in [0, 0.05) is 20.1 Å². The van der Waals surface area contributed by atoms with E-state index >= 15 is 0 Å². The van der Waals surface area contributed by atoms with Crippen molar-refractivity contribution in [1.29, 1.82) is 0 Å². The standard InChI is InChI=1S/C10H18N4O2/c1-4-14-9(8(11)7(2)12-14)10(16)13(3)5-6-15/h15H,4-6,11H2,1-3H3. The van der Waals surface area contributed by atoms with Crippen LogP contribution in [0.25, 0.3) is 0 Å². The number of rotatable bonds is 4. The maximum Gasteiger partial charge on any atom is 0.274 e. The van der Waals surface area contributed by atoms with Gasteiger partial charge in [0.1, 0.15) is 5.69 Å². The molecule has 0 aliphatic rings. The Kier molecular flexibility index (Phi) is 3.89. The molecule has 0 radical (unpaired) electrons. The molecule has 0 fully saturated rings. The second kappa shape index (κ2) is 4.98. The molecular formula is C10H18N4O2. The van der Waals surface area contributed by atoms with Crippen molar-refractivity contribution >= 4 is 11.6 Å². The molecule has 6 heteroatoms. The number of carbonyl (C=O) groups excluding carboxylic acids is 1. The van der Waals surface area contributed by atoms with E-state index < -0.39 is 0 Å². The van der Waals surface area contributed by atoms with Gasteiger partial charge in [-0.3, -0.25) is 9.48 Å². The highest BCUT2D eigenvalue weighted by Gasteiger charge is 2.21. The third kappa shape index (κ3) is 2.16. The van der Waals surface area contributed by atoms with Crippen LogP contribution in [0.3, 0.4) is 0 Å². The van der Waals surface area contributed by atoms with Gasteiger partial charge in [0.05, 0.1) is 18.0 Å². The molecular weight excluding hydrogens is 208 g/mol. The molecule has 0 saturated heterocycles. The summed E-state index contributed by atoms with van der Waals surface area (Å²) in [7, 11) is 1.63. The molecule has 0 aromatic carbocycles. The third-order valence-corrected chi connectivity index (χ3v) is 2.46. The lowest BCUT2D eigenvalue weighted by Gasteiger charge is -2.16. The highest BCUT2D eigenvalue weighted by Crippen LogP contribution is 2.17. The molecule has 1 rings (SSSR count). The van der Waals surface area contributed by atoms with Crippen molar-refractivity contribution in [1.82, 2.24) is 14.7 Å². The summed E-state index contributed by atoms with van der Waals surface area (Å²) in [5.41, 5.74) is 7.29. The summed E-state index contributed by atoms with van der Waals surface area (Å²) in [5.74, 6) is -0.214. The predicted octanol–water partition coefficient (Wildman–Crippen LogP) is -0.142. The van der Waals surface area contributed by atoms with Gasteiger partial charge in [-0.15, -0.1) is 0 Å². The molecule has 1 heterocycles. The number of amides is 1. The average Bonchev–Trinajstić information content (AvgIpc) is 2.54. The zero-order valence-corrected chi connectivity index (χ0v) is 9.90. The van der Waals surface area contributed by atoms with E-state index in [2.05, 4.69) is 5.10 Å². The van der Waals surface area contributed by atoms with Crippen LogP contribution in [0.2, 0.25) is 0 Å². The number of aliphatic hydroxyl groups excluding tert-OH is 1. The number of anilines is 1. The topological polar surface area (TPSA) is 84.4 Å². The van der Waals surface area contributed by atoms with E-state index in [1.165, 1.54) is 4.90 Å². The minimum absolute atomic E-state index is 0.0681. The number of aryl methyl sites for hydroxylation is 2. The zero-order chi connectivity index (χ0) is 12.3. The van der Waals surface area contributed by atoms with Gasteiger partial charge in [-0.25, -0.2) is 0 Å². The van der Waals surface area contributed by atoms with Gasteiger partial charge >= 0.3 is 0 Å². The first-order chi connectivity index (χ1) is 7.52. The third-order valence-electron chi connectivity index (χ3n) is 2.46. The lowest BCUT2D eigenvalue weighted by molar-refractivity contribution is 0.0756.